The smallest absolute Gasteiger partial charge is 0.363 e. The predicted octanol–water partition coefficient (Wildman–Crippen LogP) is 5.13. The molecule has 26 heavy (non-hydrogen) atoms. The number of nitro groups is 1. The number of halogens is 3. The van der Waals surface area contributed by atoms with Crippen molar-refractivity contribution in [1.82, 2.24) is 0 Å². The van der Waals surface area contributed by atoms with Gasteiger partial charge >= 0.3 is 6.18 Å². The molecule has 0 spiro atoms. The van der Waals surface area contributed by atoms with Gasteiger partial charge in [0.05, 0.1) is 4.92 Å². The lowest BCUT2D eigenvalue weighted by Crippen LogP contribution is -2.39. The summed E-state index contributed by atoms with van der Waals surface area (Å²) in [5, 5.41) is 11.5. The average molecular weight is 372 g/mol. The average Bonchev–Trinajstić information content (AvgIpc) is 2.58. The Kier molecular flexibility index (Phi) is 6.26. The number of ketones is 1. The highest BCUT2D eigenvalue weighted by atomic mass is 19.4. The highest BCUT2D eigenvalue weighted by Crippen LogP contribution is 2.36. The fraction of sp³-hybridized carbons (Fsp3) is 0.611. The molecule has 1 aromatic rings. The number of hydrogen-bond donors (Lipinski definition) is 0. The number of benzene rings is 1. The highest BCUT2D eigenvalue weighted by Gasteiger charge is 2.40. The molecule has 1 fully saturated rings. The Bertz CT molecular complexity index is 668. The van der Waals surface area contributed by atoms with Gasteiger partial charge in [-0.25, -0.2) is 0 Å². The van der Waals surface area contributed by atoms with Crippen molar-refractivity contribution in [3.8, 4) is 0 Å². The summed E-state index contributed by atoms with van der Waals surface area (Å²) < 4.78 is 38.0. The van der Waals surface area contributed by atoms with Crippen molar-refractivity contribution in [1.29, 1.82) is 0 Å². The third kappa shape index (κ3) is 4.74. The number of alkyl halides is 3. The van der Waals surface area contributed by atoms with Gasteiger partial charge in [-0.15, -0.1) is 0 Å². The minimum atomic E-state index is -5.06. The molecule has 1 aliphatic rings. The van der Waals surface area contributed by atoms with Crippen molar-refractivity contribution in [3.05, 3.63) is 33.9 Å². The summed E-state index contributed by atoms with van der Waals surface area (Å²) in [7, 11) is 0. The SMILES string of the molecule is CC(C)CN(c1ccc(C(=O)C(F)(F)F)cc1[N+](=O)[O-])C1CCCCC1. The number of hydrogen-bond acceptors (Lipinski definition) is 4. The number of Topliss-reactive ketones (excluding diaryl/α,β-unsaturated/α-hetero) is 1. The summed E-state index contributed by atoms with van der Waals surface area (Å²) in [4.78, 5) is 24.2. The monoisotopic (exact) mass is 372 g/mol. The van der Waals surface area contributed by atoms with Gasteiger partial charge in [-0.1, -0.05) is 33.1 Å². The van der Waals surface area contributed by atoms with Gasteiger partial charge in [0.1, 0.15) is 5.69 Å². The van der Waals surface area contributed by atoms with Gasteiger partial charge in [0.25, 0.3) is 11.5 Å². The fourth-order valence-corrected chi connectivity index (χ4v) is 3.45. The summed E-state index contributed by atoms with van der Waals surface area (Å²) in [6.45, 7) is 4.55. The summed E-state index contributed by atoms with van der Waals surface area (Å²) in [5.41, 5.74) is -0.873. The van der Waals surface area contributed by atoms with E-state index in [1.807, 2.05) is 18.7 Å². The molecule has 0 unspecified atom stereocenters. The molecule has 0 atom stereocenters. The number of nitro benzene ring substituents is 1. The summed E-state index contributed by atoms with van der Waals surface area (Å²) >= 11 is 0. The number of anilines is 1. The summed E-state index contributed by atoms with van der Waals surface area (Å²) in [6.07, 6.45) is -0.0981. The van der Waals surface area contributed by atoms with Crippen LogP contribution in [0.3, 0.4) is 0 Å². The first-order valence-corrected chi connectivity index (χ1v) is 8.78. The number of carbonyl (C=O) groups is 1. The molecule has 0 amide bonds. The van der Waals surface area contributed by atoms with E-state index in [0.29, 0.717) is 6.54 Å². The standard InChI is InChI=1S/C18H23F3N2O3/c1-12(2)11-22(14-6-4-3-5-7-14)15-9-8-13(10-16(15)23(25)26)17(24)18(19,20)21/h8-10,12,14H,3-7,11H2,1-2H3. The molecule has 2 rings (SSSR count). The molecule has 0 heterocycles. The molecular weight excluding hydrogens is 349 g/mol. The van der Waals surface area contributed by atoms with Crippen LogP contribution in [0.5, 0.6) is 0 Å². The maximum Gasteiger partial charge on any atom is 0.454 e. The predicted molar refractivity (Wildman–Crippen MR) is 92.5 cm³/mol. The minimum Gasteiger partial charge on any atom is -0.363 e. The van der Waals surface area contributed by atoms with Gasteiger partial charge in [-0.05, 0) is 30.9 Å². The van der Waals surface area contributed by atoms with Gasteiger partial charge in [-0.3, -0.25) is 14.9 Å². The van der Waals surface area contributed by atoms with Crippen LogP contribution < -0.4 is 4.90 Å². The lowest BCUT2D eigenvalue weighted by Gasteiger charge is -2.37. The van der Waals surface area contributed by atoms with Crippen LogP contribution in [0.15, 0.2) is 18.2 Å². The maximum atomic E-state index is 12.7. The van der Waals surface area contributed by atoms with Crippen molar-refractivity contribution in [2.45, 2.75) is 58.2 Å². The Balaban J connectivity index is 2.46. The molecule has 8 heteroatoms. The van der Waals surface area contributed by atoms with Gasteiger partial charge in [0, 0.05) is 24.2 Å². The van der Waals surface area contributed by atoms with Crippen LogP contribution in [-0.4, -0.2) is 29.5 Å². The van der Waals surface area contributed by atoms with Crippen LogP contribution in [-0.2, 0) is 0 Å². The quantitative estimate of drug-likeness (QED) is 0.394. The van der Waals surface area contributed by atoms with E-state index in [1.54, 1.807) is 0 Å². The Hall–Kier alpha value is -2.12. The van der Waals surface area contributed by atoms with Crippen LogP contribution in [0.4, 0.5) is 24.5 Å². The highest BCUT2D eigenvalue weighted by molar-refractivity contribution is 6.01. The molecule has 1 saturated carbocycles. The molecule has 0 N–H and O–H groups in total. The normalized spacial score (nSPS) is 15.9. The third-order valence-electron chi connectivity index (χ3n) is 4.58. The van der Waals surface area contributed by atoms with Gasteiger partial charge in [0.2, 0.25) is 0 Å². The summed E-state index contributed by atoms with van der Waals surface area (Å²) in [5.74, 6) is -1.84. The zero-order valence-corrected chi connectivity index (χ0v) is 14.9. The molecule has 1 aromatic carbocycles. The van der Waals surface area contributed by atoms with Crippen LogP contribution in [0, 0.1) is 16.0 Å². The van der Waals surface area contributed by atoms with E-state index in [9.17, 15) is 28.1 Å². The van der Waals surface area contributed by atoms with Crippen molar-refractivity contribution >= 4 is 17.2 Å². The topological polar surface area (TPSA) is 63.5 Å². The third-order valence-corrected chi connectivity index (χ3v) is 4.58. The molecule has 1 aliphatic carbocycles. The lowest BCUT2D eigenvalue weighted by molar-refractivity contribution is -0.384. The first kappa shape index (κ1) is 20.2. The van der Waals surface area contributed by atoms with Crippen LogP contribution in [0.25, 0.3) is 0 Å². The van der Waals surface area contributed by atoms with Crippen LogP contribution >= 0.6 is 0 Å². The van der Waals surface area contributed by atoms with Crippen molar-refractivity contribution in [2.24, 2.45) is 5.92 Å². The second-order valence-electron chi connectivity index (χ2n) is 7.13. The Labute approximate surface area is 150 Å². The number of carbonyl (C=O) groups excluding carboxylic acids is 1. The molecule has 0 bridgehead atoms. The van der Waals surface area contributed by atoms with E-state index in [4.69, 9.17) is 0 Å². The second-order valence-corrected chi connectivity index (χ2v) is 7.13. The lowest BCUT2D eigenvalue weighted by atomic mass is 9.92. The van der Waals surface area contributed by atoms with Crippen molar-refractivity contribution < 1.29 is 22.9 Å². The molecule has 0 aliphatic heterocycles. The molecular formula is C18H23F3N2O3. The Morgan fingerprint density at radius 1 is 1.27 bits per heavy atom. The van der Waals surface area contributed by atoms with Gasteiger partial charge in [0.15, 0.2) is 0 Å². The second kappa shape index (κ2) is 8.05. The number of nitrogens with zero attached hydrogens (tertiary/aromatic N) is 2. The van der Waals surface area contributed by atoms with Crippen LogP contribution in [0.2, 0.25) is 0 Å². The fourth-order valence-electron chi connectivity index (χ4n) is 3.45. The summed E-state index contributed by atoms with van der Waals surface area (Å²) in [6, 6.07) is 3.19. The van der Waals surface area contributed by atoms with E-state index < -0.39 is 28.1 Å². The Morgan fingerprint density at radius 2 is 1.88 bits per heavy atom. The van der Waals surface area contributed by atoms with E-state index in [1.165, 1.54) is 6.07 Å². The van der Waals surface area contributed by atoms with Crippen LogP contribution in [0.1, 0.15) is 56.3 Å². The minimum absolute atomic E-state index is 0.119. The number of rotatable bonds is 6. The van der Waals surface area contributed by atoms with Gasteiger partial charge in [-0.2, -0.15) is 13.2 Å². The van der Waals surface area contributed by atoms with E-state index in [0.717, 1.165) is 44.2 Å². The zero-order valence-electron chi connectivity index (χ0n) is 14.9. The maximum absolute atomic E-state index is 12.7. The first-order valence-electron chi connectivity index (χ1n) is 8.78. The van der Waals surface area contributed by atoms with Gasteiger partial charge < -0.3 is 4.90 Å². The Morgan fingerprint density at radius 3 is 2.38 bits per heavy atom. The van der Waals surface area contributed by atoms with E-state index in [2.05, 4.69) is 0 Å². The molecule has 5 nitrogen and oxygen atoms in total. The molecule has 0 aromatic heterocycles. The first-order chi connectivity index (χ1) is 12.1. The largest absolute Gasteiger partial charge is 0.454 e. The molecule has 144 valence electrons. The zero-order chi connectivity index (χ0) is 19.5. The van der Waals surface area contributed by atoms with Crippen molar-refractivity contribution in [2.75, 3.05) is 11.4 Å². The molecule has 0 saturated heterocycles. The molecule has 0 radical (unpaired) electrons. The van der Waals surface area contributed by atoms with E-state index >= 15 is 0 Å². The van der Waals surface area contributed by atoms with Crippen molar-refractivity contribution in [3.63, 3.8) is 0 Å². The van der Waals surface area contributed by atoms with E-state index in [-0.39, 0.29) is 17.6 Å².